The molecule has 1 aliphatic heterocycles. The molecule has 4 nitrogen and oxygen atoms in total. The Bertz CT molecular complexity index is 721. The smallest absolute Gasteiger partial charge is 0.320 e. The lowest BCUT2D eigenvalue weighted by atomic mass is 9.75. The number of carbonyl (C=O) groups is 2. The molecule has 1 fully saturated rings. The molecule has 1 aliphatic rings. The summed E-state index contributed by atoms with van der Waals surface area (Å²) in [4.78, 5) is 25.5. The standard InChI is InChI=1S/C19H23F4NO3/c1-10-14(20)16(22)18(17(23)15(10)21)27-13(26)9-12(25)24-7-5-11(6-8-24)19(2,3)4/h11H,5-9H2,1-4H3. The number of carbonyl (C=O) groups excluding carboxylic acids is 2. The third-order valence-corrected chi connectivity index (χ3v) is 5.03. The van der Waals surface area contributed by atoms with Crippen LogP contribution in [-0.4, -0.2) is 29.9 Å². The van der Waals surface area contributed by atoms with Crippen molar-refractivity contribution in [2.45, 2.75) is 47.0 Å². The summed E-state index contributed by atoms with van der Waals surface area (Å²) in [5.41, 5.74) is -0.745. The summed E-state index contributed by atoms with van der Waals surface area (Å²) in [7, 11) is 0. The number of amides is 1. The van der Waals surface area contributed by atoms with Gasteiger partial charge in [-0.15, -0.1) is 0 Å². The zero-order valence-electron chi connectivity index (χ0n) is 15.8. The number of halogens is 4. The van der Waals surface area contributed by atoms with E-state index in [2.05, 4.69) is 25.5 Å². The van der Waals surface area contributed by atoms with Gasteiger partial charge in [0.1, 0.15) is 6.42 Å². The van der Waals surface area contributed by atoms with E-state index in [1.165, 1.54) is 4.90 Å². The van der Waals surface area contributed by atoms with E-state index in [0.29, 0.717) is 19.0 Å². The van der Waals surface area contributed by atoms with Crippen molar-refractivity contribution in [3.05, 3.63) is 28.8 Å². The fourth-order valence-corrected chi connectivity index (χ4v) is 3.19. The van der Waals surface area contributed by atoms with Crippen molar-refractivity contribution in [1.82, 2.24) is 4.90 Å². The van der Waals surface area contributed by atoms with E-state index < -0.39 is 52.9 Å². The molecule has 0 radical (unpaired) electrons. The summed E-state index contributed by atoms with van der Waals surface area (Å²) in [6.07, 6.45) is 0.792. The number of nitrogens with zero attached hydrogens (tertiary/aromatic N) is 1. The van der Waals surface area contributed by atoms with Crippen molar-refractivity contribution in [2.75, 3.05) is 13.1 Å². The molecular weight excluding hydrogens is 366 g/mol. The summed E-state index contributed by atoms with van der Waals surface area (Å²) >= 11 is 0. The molecule has 0 aromatic heterocycles. The minimum Gasteiger partial charge on any atom is -0.420 e. The Hall–Kier alpha value is -2.12. The number of benzene rings is 1. The van der Waals surface area contributed by atoms with Crippen LogP contribution in [0.1, 0.15) is 45.6 Å². The van der Waals surface area contributed by atoms with Gasteiger partial charge in [0, 0.05) is 18.7 Å². The SMILES string of the molecule is Cc1c(F)c(F)c(OC(=O)CC(=O)N2CCC(C(C)(C)C)CC2)c(F)c1F. The molecule has 0 unspecified atom stereocenters. The van der Waals surface area contributed by atoms with Gasteiger partial charge in [-0.05, 0) is 31.1 Å². The lowest BCUT2D eigenvalue weighted by Gasteiger charge is -2.38. The van der Waals surface area contributed by atoms with Gasteiger partial charge in [-0.2, -0.15) is 8.78 Å². The first-order chi connectivity index (χ1) is 12.4. The normalized spacial score (nSPS) is 15.8. The molecule has 8 heteroatoms. The topological polar surface area (TPSA) is 46.6 Å². The molecule has 1 aromatic carbocycles. The van der Waals surface area contributed by atoms with Gasteiger partial charge in [0.15, 0.2) is 11.6 Å². The Kier molecular flexibility index (Phi) is 6.17. The number of hydrogen-bond acceptors (Lipinski definition) is 3. The van der Waals surface area contributed by atoms with Gasteiger partial charge in [-0.25, -0.2) is 8.78 Å². The van der Waals surface area contributed by atoms with E-state index in [1.807, 2.05) is 0 Å². The van der Waals surface area contributed by atoms with Crippen LogP contribution in [-0.2, 0) is 9.59 Å². The van der Waals surface area contributed by atoms with Gasteiger partial charge in [-0.3, -0.25) is 9.59 Å². The lowest BCUT2D eigenvalue weighted by Crippen LogP contribution is -2.42. The van der Waals surface area contributed by atoms with Crippen LogP contribution < -0.4 is 4.74 Å². The van der Waals surface area contributed by atoms with Crippen molar-refractivity contribution < 1.29 is 31.9 Å². The molecule has 1 saturated heterocycles. The van der Waals surface area contributed by atoms with Crippen molar-refractivity contribution in [3.8, 4) is 5.75 Å². The van der Waals surface area contributed by atoms with Crippen LogP contribution in [0.15, 0.2) is 0 Å². The molecule has 0 atom stereocenters. The van der Waals surface area contributed by atoms with Crippen molar-refractivity contribution in [2.24, 2.45) is 11.3 Å². The first-order valence-corrected chi connectivity index (χ1v) is 8.74. The Balaban J connectivity index is 2.00. The van der Waals surface area contributed by atoms with Gasteiger partial charge < -0.3 is 9.64 Å². The van der Waals surface area contributed by atoms with Crippen molar-refractivity contribution in [1.29, 1.82) is 0 Å². The van der Waals surface area contributed by atoms with Gasteiger partial charge in [-0.1, -0.05) is 20.8 Å². The average Bonchev–Trinajstić information content (AvgIpc) is 2.61. The quantitative estimate of drug-likeness (QED) is 0.257. The van der Waals surface area contributed by atoms with E-state index in [1.54, 1.807) is 0 Å². The summed E-state index contributed by atoms with van der Waals surface area (Å²) in [5.74, 6) is -9.77. The largest absolute Gasteiger partial charge is 0.420 e. The highest BCUT2D eigenvalue weighted by molar-refractivity contribution is 5.95. The zero-order chi connectivity index (χ0) is 20.5. The molecule has 1 aromatic rings. The molecule has 0 saturated carbocycles. The van der Waals surface area contributed by atoms with Gasteiger partial charge in [0.25, 0.3) is 0 Å². The van der Waals surface area contributed by atoms with Gasteiger partial charge >= 0.3 is 5.97 Å². The van der Waals surface area contributed by atoms with E-state index in [4.69, 9.17) is 0 Å². The second kappa shape index (κ2) is 7.86. The van der Waals surface area contributed by atoms with E-state index in [9.17, 15) is 27.2 Å². The molecular formula is C19H23F4NO3. The van der Waals surface area contributed by atoms with Crippen LogP contribution in [0.3, 0.4) is 0 Å². The number of hydrogen-bond donors (Lipinski definition) is 0. The molecule has 1 heterocycles. The van der Waals surface area contributed by atoms with E-state index in [-0.39, 0.29) is 5.41 Å². The molecule has 1 amide bonds. The first kappa shape index (κ1) is 21.2. The second-order valence-electron chi connectivity index (χ2n) is 7.88. The summed E-state index contributed by atoms with van der Waals surface area (Å²) in [6, 6.07) is 0. The summed E-state index contributed by atoms with van der Waals surface area (Å²) < 4.78 is 59.0. The van der Waals surface area contributed by atoms with Crippen molar-refractivity contribution in [3.63, 3.8) is 0 Å². The maximum absolute atomic E-state index is 13.8. The van der Waals surface area contributed by atoms with E-state index >= 15 is 0 Å². The third kappa shape index (κ3) is 4.59. The molecule has 0 N–H and O–H groups in total. The summed E-state index contributed by atoms with van der Waals surface area (Å²) in [5, 5.41) is 0. The highest BCUT2D eigenvalue weighted by atomic mass is 19.2. The fraction of sp³-hybridized carbons (Fsp3) is 0.579. The van der Waals surface area contributed by atoms with Crippen LogP contribution >= 0.6 is 0 Å². The highest BCUT2D eigenvalue weighted by Gasteiger charge is 2.32. The maximum Gasteiger partial charge on any atom is 0.320 e. The summed E-state index contributed by atoms with van der Waals surface area (Å²) in [6.45, 7) is 8.14. The van der Waals surface area contributed by atoms with Crippen LogP contribution in [0, 0.1) is 41.5 Å². The average molecular weight is 389 g/mol. The van der Waals surface area contributed by atoms with Crippen LogP contribution in [0.2, 0.25) is 0 Å². The zero-order valence-corrected chi connectivity index (χ0v) is 15.8. The molecule has 27 heavy (non-hydrogen) atoms. The Morgan fingerprint density at radius 1 is 1.00 bits per heavy atom. The first-order valence-electron chi connectivity index (χ1n) is 8.74. The molecule has 0 spiro atoms. The molecule has 150 valence electrons. The second-order valence-corrected chi connectivity index (χ2v) is 7.88. The monoisotopic (exact) mass is 389 g/mol. The Morgan fingerprint density at radius 3 is 1.93 bits per heavy atom. The van der Waals surface area contributed by atoms with Gasteiger partial charge in [0.05, 0.1) is 0 Å². The third-order valence-electron chi connectivity index (χ3n) is 5.03. The Labute approximate surface area is 155 Å². The predicted octanol–water partition coefficient (Wildman–Crippen LogP) is 4.13. The minimum absolute atomic E-state index is 0.114. The molecule has 0 aliphatic carbocycles. The number of esters is 1. The van der Waals surface area contributed by atoms with Crippen LogP contribution in [0.25, 0.3) is 0 Å². The number of likely N-dealkylation sites (tertiary alicyclic amines) is 1. The van der Waals surface area contributed by atoms with Crippen LogP contribution in [0.5, 0.6) is 5.75 Å². The van der Waals surface area contributed by atoms with Gasteiger partial charge in [0.2, 0.25) is 23.3 Å². The lowest BCUT2D eigenvalue weighted by molar-refractivity contribution is -0.143. The van der Waals surface area contributed by atoms with E-state index in [0.717, 1.165) is 19.8 Å². The number of piperidine rings is 1. The van der Waals surface area contributed by atoms with Crippen LogP contribution in [0.4, 0.5) is 17.6 Å². The minimum atomic E-state index is -1.81. The Morgan fingerprint density at radius 2 is 1.48 bits per heavy atom. The fourth-order valence-electron chi connectivity index (χ4n) is 3.19. The predicted molar refractivity (Wildman–Crippen MR) is 90.0 cm³/mol. The van der Waals surface area contributed by atoms with Crippen molar-refractivity contribution >= 4 is 11.9 Å². The number of rotatable bonds is 3. The number of ether oxygens (including phenoxy) is 1. The molecule has 2 rings (SSSR count). The maximum atomic E-state index is 13.8. The highest BCUT2D eigenvalue weighted by Crippen LogP contribution is 2.34. The molecule has 0 bridgehead atoms.